The molecular weight excluding hydrogens is 256 g/mol. The number of hydrogen-bond donors (Lipinski definition) is 3. The second kappa shape index (κ2) is 5.94. The van der Waals surface area contributed by atoms with E-state index in [2.05, 4.69) is 5.32 Å². The molecule has 2 unspecified atom stereocenters. The number of nitrogens with one attached hydrogen (secondary N) is 1. The van der Waals surface area contributed by atoms with Crippen LogP contribution in [0.2, 0.25) is 0 Å². The van der Waals surface area contributed by atoms with Crippen molar-refractivity contribution in [3.8, 4) is 0 Å². The van der Waals surface area contributed by atoms with Gasteiger partial charge in [-0.15, -0.1) is 0 Å². The summed E-state index contributed by atoms with van der Waals surface area (Å²) in [6.07, 6.45) is 3.10. The highest BCUT2D eigenvalue weighted by Crippen LogP contribution is 2.28. The number of carboxylic acid groups (broad SMARTS) is 1. The summed E-state index contributed by atoms with van der Waals surface area (Å²) in [4.78, 5) is 22.5. The quantitative estimate of drug-likeness (QED) is 0.785. The number of carbonyl (C=O) groups is 2. The minimum absolute atomic E-state index is 0.0738. The van der Waals surface area contributed by atoms with Crippen LogP contribution < -0.4 is 11.1 Å². The van der Waals surface area contributed by atoms with Crippen LogP contribution in [0.4, 0.5) is 5.69 Å². The Morgan fingerprint density at radius 2 is 2.10 bits per heavy atom. The zero-order chi connectivity index (χ0) is 14.7. The Hall–Kier alpha value is -2.04. The maximum atomic E-state index is 11.4. The number of anilines is 1. The van der Waals surface area contributed by atoms with Gasteiger partial charge in [-0.3, -0.25) is 9.59 Å². The monoisotopic (exact) mass is 276 g/mol. The van der Waals surface area contributed by atoms with Gasteiger partial charge in [0.05, 0.1) is 11.5 Å². The van der Waals surface area contributed by atoms with Gasteiger partial charge in [0, 0.05) is 11.7 Å². The molecule has 1 aliphatic rings. The average Bonchev–Trinajstić information content (AvgIpc) is 2.38. The van der Waals surface area contributed by atoms with Crippen LogP contribution in [0.3, 0.4) is 0 Å². The summed E-state index contributed by atoms with van der Waals surface area (Å²) < 4.78 is 0. The van der Waals surface area contributed by atoms with Crippen molar-refractivity contribution in [2.45, 2.75) is 38.6 Å². The molecule has 0 spiro atoms. The summed E-state index contributed by atoms with van der Waals surface area (Å²) in [5, 5.41) is 12.4. The topological polar surface area (TPSA) is 92.4 Å². The predicted molar refractivity (Wildman–Crippen MR) is 76.7 cm³/mol. The van der Waals surface area contributed by atoms with Crippen LogP contribution in [-0.4, -0.2) is 23.0 Å². The molecule has 2 atom stereocenters. The number of carboxylic acids is 1. The molecule has 0 radical (unpaired) electrons. The summed E-state index contributed by atoms with van der Waals surface area (Å²) in [6, 6.07) is 5.50. The molecule has 0 aliphatic heterocycles. The van der Waals surface area contributed by atoms with Gasteiger partial charge in [-0.2, -0.15) is 0 Å². The molecule has 2 rings (SSSR count). The van der Waals surface area contributed by atoms with E-state index < -0.39 is 11.9 Å². The van der Waals surface area contributed by atoms with Crippen molar-refractivity contribution < 1.29 is 14.7 Å². The van der Waals surface area contributed by atoms with Crippen molar-refractivity contribution in [3.63, 3.8) is 0 Å². The number of rotatable bonds is 4. The number of aliphatic carboxylic acids is 1. The molecule has 108 valence electrons. The summed E-state index contributed by atoms with van der Waals surface area (Å²) >= 11 is 0. The number of primary amides is 1. The Morgan fingerprint density at radius 3 is 2.75 bits per heavy atom. The predicted octanol–water partition coefficient (Wildman–Crippen LogP) is 2.15. The molecule has 0 aromatic heterocycles. The summed E-state index contributed by atoms with van der Waals surface area (Å²) in [7, 11) is 0. The Bertz CT molecular complexity index is 528. The SMILES string of the molecule is Cc1ccc(C(N)=O)c(NC2CCCC(C(=O)O)C2)c1. The average molecular weight is 276 g/mol. The number of nitrogens with two attached hydrogens (primary N) is 1. The van der Waals surface area contributed by atoms with Crippen LogP contribution in [-0.2, 0) is 4.79 Å². The van der Waals surface area contributed by atoms with Gasteiger partial charge < -0.3 is 16.2 Å². The van der Waals surface area contributed by atoms with Crippen molar-refractivity contribution in [1.29, 1.82) is 0 Å². The first-order valence-electron chi connectivity index (χ1n) is 6.87. The fourth-order valence-corrected chi connectivity index (χ4v) is 2.76. The lowest BCUT2D eigenvalue weighted by Crippen LogP contribution is -2.31. The van der Waals surface area contributed by atoms with E-state index in [1.807, 2.05) is 19.1 Å². The number of aryl methyl sites for hydroxylation is 1. The molecule has 1 fully saturated rings. The van der Waals surface area contributed by atoms with Crippen molar-refractivity contribution in [1.82, 2.24) is 0 Å². The third-order valence-electron chi connectivity index (χ3n) is 3.82. The minimum Gasteiger partial charge on any atom is -0.481 e. The van der Waals surface area contributed by atoms with E-state index >= 15 is 0 Å². The molecule has 1 aromatic carbocycles. The smallest absolute Gasteiger partial charge is 0.306 e. The van der Waals surface area contributed by atoms with E-state index in [0.29, 0.717) is 17.7 Å². The Kier molecular flexibility index (Phi) is 4.27. The van der Waals surface area contributed by atoms with Crippen LogP contribution in [0.1, 0.15) is 41.6 Å². The van der Waals surface area contributed by atoms with Crippen LogP contribution >= 0.6 is 0 Å². The number of carbonyl (C=O) groups excluding carboxylic acids is 1. The van der Waals surface area contributed by atoms with Gasteiger partial charge in [-0.05, 0) is 43.9 Å². The molecule has 0 saturated heterocycles. The van der Waals surface area contributed by atoms with Gasteiger partial charge in [0.2, 0.25) is 0 Å². The summed E-state index contributed by atoms with van der Waals surface area (Å²) in [5.41, 5.74) is 7.56. The van der Waals surface area contributed by atoms with E-state index in [-0.39, 0.29) is 12.0 Å². The maximum absolute atomic E-state index is 11.4. The fraction of sp³-hybridized carbons (Fsp3) is 0.467. The third-order valence-corrected chi connectivity index (χ3v) is 3.82. The second-order valence-electron chi connectivity index (χ2n) is 5.46. The standard InChI is InChI=1S/C15H20N2O3/c1-9-5-6-12(14(16)18)13(7-9)17-11-4-2-3-10(8-11)15(19)20/h5-7,10-11,17H,2-4,8H2,1H3,(H2,16,18)(H,19,20). The second-order valence-corrected chi connectivity index (χ2v) is 5.46. The van der Waals surface area contributed by atoms with Crippen molar-refractivity contribution in [2.24, 2.45) is 11.7 Å². The van der Waals surface area contributed by atoms with E-state index in [0.717, 1.165) is 24.8 Å². The summed E-state index contributed by atoms with van der Waals surface area (Å²) in [6.45, 7) is 1.94. The lowest BCUT2D eigenvalue weighted by molar-refractivity contribution is -0.142. The summed E-state index contributed by atoms with van der Waals surface area (Å²) in [5.74, 6) is -1.52. The molecule has 1 amide bonds. The molecule has 0 heterocycles. The zero-order valence-electron chi connectivity index (χ0n) is 11.6. The molecule has 1 aromatic rings. The lowest BCUT2D eigenvalue weighted by atomic mass is 9.85. The molecule has 1 aliphatic carbocycles. The van der Waals surface area contributed by atoms with Gasteiger partial charge in [-0.25, -0.2) is 0 Å². The lowest BCUT2D eigenvalue weighted by Gasteiger charge is -2.28. The molecule has 20 heavy (non-hydrogen) atoms. The van der Waals surface area contributed by atoms with Crippen LogP contribution in [0.15, 0.2) is 18.2 Å². The van der Waals surface area contributed by atoms with Gasteiger partial charge >= 0.3 is 5.97 Å². The molecule has 1 saturated carbocycles. The molecular formula is C15H20N2O3. The van der Waals surface area contributed by atoms with Crippen LogP contribution in [0.5, 0.6) is 0 Å². The first-order valence-corrected chi connectivity index (χ1v) is 6.87. The van der Waals surface area contributed by atoms with Gasteiger partial charge in [0.1, 0.15) is 0 Å². The molecule has 5 nitrogen and oxygen atoms in total. The van der Waals surface area contributed by atoms with E-state index in [1.54, 1.807) is 6.07 Å². The normalized spacial score (nSPS) is 22.2. The van der Waals surface area contributed by atoms with Crippen molar-refractivity contribution in [3.05, 3.63) is 29.3 Å². The first-order chi connectivity index (χ1) is 9.47. The Morgan fingerprint density at radius 1 is 1.35 bits per heavy atom. The highest BCUT2D eigenvalue weighted by molar-refractivity contribution is 5.98. The van der Waals surface area contributed by atoms with Gasteiger partial charge in [0.15, 0.2) is 0 Å². The molecule has 5 heteroatoms. The van der Waals surface area contributed by atoms with Crippen molar-refractivity contribution in [2.75, 3.05) is 5.32 Å². The Labute approximate surface area is 118 Å². The van der Waals surface area contributed by atoms with Gasteiger partial charge in [-0.1, -0.05) is 12.5 Å². The largest absolute Gasteiger partial charge is 0.481 e. The number of benzene rings is 1. The van der Waals surface area contributed by atoms with Gasteiger partial charge in [0.25, 0.3) is 5.91 Å². The van der Waals surface area contributed by atoms with Crippen molar-refractivity contribution >= 4 is 17.6 Å². The van der Waals surface area contributed by atoms with E-state index in [9.17, 15) is 9.59 Å². The van der Waals surface area contributed by atoms with Crippen LogP contribution in [0.25, 0.3) is 0 Å². The number of hydrogen-bond acceptors (Lipinski definition) is 3. The highest BCUT2D eigenvalue weighted by atomic mass is 16.4. The highest BCUT2D eigenvalue weighted by Gasteiger charge is 2.27. The minimum atomic E-state index is -0.740. The van der Waals surface area contributed by atoms with E-state index in [4.69, 9.17) is 10.8 Å². The zero-order valence-corrected chi connectivity index (χ0v) is 11.6. The van der Waals surface area contributed by atoms with E-state index in [1.165, 1.54) is 0 Å². The Balaban J connectivity index is 2.15. The maximum Gasteiger partial charge on any atom is 0.306 e. The first kappa shape index (κ1) is 14.4. The molecule has 4 N–H and O–H groups in total. The number of amides is 1. The fourth-order valence-electron chi connectivity index (χ4n) is 2.76. The van der Waals surface area contributed by atoms with Crippen LogP contribution in [0, 0.1) is 12.8 Å². The molecule has 0 bridgehead atoms. The third kappa shape index (κ3) is 3.29.